The third kappa shape index (κ3) is 3.56. The Balaban J connectivity index is 1.90. The quantitative estimate of drug-likeness (QED) is 0.617. The van der Waals surface area contributed by atoms with Crippen LogP contribution in [-0.4, -0.2) is 47.8 Å². The molecular weight excluding hydrogens is 300 g/mol. The zero-order chi connectivity index (χ0) is 17.0. The van der Waals surface area contributed by atoms with E-state index in [1.54, 1.807) is 31.2 Å². The molecule has 3 amide bonds. The maximum atomic E-state index is 12.1. The number of fused-ring (bicyclic) bond motifs is 1. The Hall–Kier alpha value is -2.70. The highest BCUT2D eigenvalue weighted by atomic mass is 16.5. The van der Waals surface area contributed by atoms with Crippen LogP contribution in [0.5, 0.6) is 0 Å². The summed E-state index contributed by atoms with van der Waals surface area (Å²) in [4.78, 5) is 48.6. The van der Waals surface area contributed by atoms with Gasteiger partial charge in [-0.15, -0.1) is 0 Å². The van der Waals surface area contributed by atoms with Crippen molar-refractivity contribution >= 4 is 23.7 Å². The van der Waals surface area contributed by atoms with Crippen LogP contribution < -0.4 is 5.32 Å². The average Bonchev–Trinajstić information content (AvgIpc) is 2.77. The molecule has 1 atom stereocenters. The number of ether oxygens (including phenoxy) is 1. The lowest BCUT2D eigenvalue weighted by molar-refractivity contribution is -0.146. The van der Waals surface area contributed by atoms with E-state index in [1.807, 2.05) is 0 Å². The zero-order valence-electron chi connectivity index (χ0n) is 13.0. The van der Waals surface area contributed by atoms with Crippen LogP contribution in [0.3, 0.4) is 0 Å². The minimum atomic E-state index is -0.773. The fourth-order valence-electron chi connectivity index (χ4n) is 2.30. The summed E-state index contributed by atoms with van der Waals surface area (Å²) < 4.78 is 4.79. The summed E-state index contributed by atoms with van der Waals surface area (Å²) in [7, 11) is 0. The van der Waals surface area contributed by atoms with E-state index in [-0.39, 0.29) is 19.6 Å². The van der Waals surface area contributed by atoms with Crippen molar-refractivity contribution in [3.63, 3.8) is 0 Å². The highest BCUT2D eigenvalue weighted by molar-refractivity contribution is 6.21. The number of rotatable bonds is 6. The molecule has 7 heteroatoms. The minimum Gasteiger partial charge on any atom is -0.464 e. The van der Waals surface area contributed by atoms with Gasteiger partial charge in [0.1, 0.15) is 6.04 Å². The molecule has 0 spiro atoms. The third-order valence-electron chi connectivity index (χ3n) is 3.46. The second-order valence-corrected chi connectivity index (χ2v) is 5.10. The van der Waals surface area contributed by atoms with Crippen molar-refractivity contribution < 1.29 is 23.9 Å². The molecule has 7 nitrogen and oxygen atoms in total. The fourth-order valence-corrected chi connectivity index (χ4v) is 2.30. The van der Waals surface area contributed by atoms with Gasteiger partial charge in [0, 0.05) is 13.0 Å². The highest BCUT2D eigenvalue weighted by Crippen LogP contribution is 2.22. The summed E-state index contributed by atoms with van der Waals surface area (Å²) in [6.07, 6.45) is -0.0742. The second-order valence-electron chi connectivity index (χ2n) is 5.10. The van der Waals surface area contributed by atoms with Gasteiger partial charge in [-0.25, -0.2) is 4.79 Å². The maximum absolute atomic E-state index is 12.1. The van der Waals surface area contributed by atoms with E-state index in [9.17, 15) is 19.2 Å². The lowest BCUT2D eigenvalue weighted by atomic mass is 10.1. The van der Waals surface area contributed by atoms with Crippen molar-refractivity contribution in [3.05, 3.63) is 35.4 Å². The number of amides is 3. The Morgan fingerprint density at radius 2 is 1.74 bits per heavy atom. The molecule has 0 aliphatic carbocycles. The Bertz CT molecular complexity index is 621. The molecule has 1 aliphatic heterocycles. The molecule has 1 aliphatic rings. The minimum absolute atomic E-state index is 0.0340. The summed E-state index contributed by atoms with van der Waals surface area (Å²) in [5.74, 6) is -1.77. The van der Waals surface area contributed by atoms with E-state index < -0.39 is 29.7 Å². The van der Waals surface area contributed by atoms with Crippen molar-refractivity contribution in [2.75, 3.05) is 13.2 Å². The monoisotopic (exact) mass is 318 g/mol. The molecular formula is C16H18N2O5. The number of hydrogen-bond donors (Lipinski definition) is 1. The molecule has 0 fully saturated rings. The molecule has 1 N–H and O–H groups in total. The van der Waals surface area contributed by atoms with Crippen LogP contribution in [0, 0.1) is 0 Å². The van der Waals surface area contributed by atoms with Crippen LogP contribution in [0.1, 0.15) is 41.0 Å². The van der Waals surface area contributed by atoms with Gasteiger partial charge >= 0.3 is 5.97 Å². The van der Waals surface area contributed by atoms with Crippen molar-refractivity contribution in [1.29, 1.82) is 0 Å². The summed E-state index contributed by atoms with van der Waals surface area (Å²) >= 11 is 0. The lowest BCUT2D eigenvalue weighted by Crippen LogP contribution is -2.41. The Labute approximate surface area is 133 Å². The van der Waals surface area contributed by atoms with Gasteiger partial charge in [0.25, 0.3) is 11.8 Å². The summed E-state index contributed by atoms with van der Waals surface area (Å²) in [5.41, 5.74) is 0.690. The predicted octanol–water partition coefficient (Wildman–Crippen LogP) is 0.740. The first-order valence-electron chi connectivity index (χ1n) is 7.37. The maximum Gasteiger partial charge on any atom is 0.328 e. The Morgan fingerprint density at radius 3 is 2.26 bits per heavy atom. The van der Waals surface area contributed by atoms with E-state index in [0.717, 1.165) is 4.90 Å². The van der Waals surface area contributed by atoms with E-state index in [1.165, 1.54) is 6.92 Å². The summed E-state index contributed by atoms with van der Waals surface area (Å²) in [5, 5.41) is 2.48. The molecule has 0 saturated heterocycles. The van der Waals surface area contributed by atoms with Gasteiger partial charge in [0.05, 0.1) is 17.7 Å². The van der Waals surface area contributed by atoms with Crippen molar-refractivity contribution in [2.45, 2.75) is 26.3 Å². The smallest absolute Gasteiger partial charge is 0.328 e. The molecule has 1 aromatic rings. The first-order chi connectivity index (χ1) is 11.0. The third-order valence-corrected chi connectivity index (χ3v) is 3.46. The van der Waals surface area contributed by atoms with Crippen molar-refractivity contribution in [1.82, 2.24) is 10.2 Å². The predicted molar refractivity (Wildman–Crippen MR) is 80.7 cm³/mol. The molecule has 23 heavy (non-hydrogen) atoms. The standard InChI is InChI=1S/C16H18N2O5/c1-3-23-16(22)10(2)17-13(19)8-9-18-14(20)11-6-4-5-7-12(11)15(18)21/h4-7,10H,3,8-9H2,1-2H3,(H,17,19). The molecule has 0 bridgehead atoms. The lowest BCUT2D eigenvalue weighted by Gasteiger charge is -2.15. The molecule has 0 aromatic heterocycles. The molecule has 0 radical (unpaired) electrons. The van der Waals surface area contributed by atoms with Gasteiger partial charge in [-0.05, 0) is 26.0 Å². The van der Waals surface area contributed by atoms with Crippen LogP contribution in [0.4, 0.5) is 0 Å². The number of nitrogens with zero attached hydrogens (tertiary/aromatic N) is 1. The number of imide groups is 1. The van der Waals surface area contributed by atoms with Crippen LogP contribution in [-0.2, 0) is 14.3 Å². The highest BCUT2D eigenvalue weighted by Gasteiger charge is 2.35. The van der Waals surface area contributed by atoms with E-state index in [4.69, 9.17) is 4.74 Å². The van der Waals surface area contributed by atoms with Crippen molar-refractivity contribution in [3.8, 4) is 0 Å². The number of esters is 1. The molecule has 1 aromatic carbocycles. The second kappa shape index (κ2) is 7.04. The van der Waals surface area contributed by atoms with Crippen LogP contribution in [0.15, 0.2) is 24.3 Å². The van der Waals surface area contributed by atoms with Gasteiger partial charge in [0.15, 0.2) is 0 Å². The first-order valence-corrected chi connectivity index (χ1v) is 7.37. The van der Waals surface area contributed by atoms with E-state index >= 15 is 0 Å². The molecule has 1 unspecified atom stereocenters. The summed E-state index contributed by atoms with van der Waals surface area (Å²) in [6, 6.07) is 5.75. The molecule has 1 heterocycles. The topological polar surface area (TPSA) is 92.8 Å². The number of carbonyl (C=O) groups is 4. The van der Waals surface area contributed by atoms with Gasteiger partial charge < -0.3 is 10.1 Å². The normalized spacial score (nSPS) is 14.4. The first kappa shape index (κ1) is 16.7. The van der Waals surface area contributed by atoms with E-state index in [2.05, 4.69) is 5.32 Å². The number of carbonyl (C=O) groups excluding carboxylic acids is 4. The van der Waals surface area contributed by atoms with Crippen LogP contribution in [0.2, 0.25) is 0 Å². The zero-order valence-corrected chi connectivity index (χ0v) is 13.0. The largest absolute Gasteiger partial charge is 0.464 e. The Morgan fingerprint density at radius 1 is 1.17 bits per heavy atom. The van der Waals surface area contributed by atoms with Gasteiger partial charge in [-0.3, -0.25) is 19.3 Å². The van der Waals surface area contributed by atoms with Crippen molar-refractivity contribution in [2.24, 2.45) is 0 Å². The van der Waals surface area contributed by atoms with Crippen LogP contribution >= 0.6 is 0 Å². The average molecular weight is 318 g/mol. The van der Waals surface area contributed by atoms with Gasteiger partial charge in [-0.1, -0.05) is 12.1 Å². The van der Waals surface area contributed by atoms with Gasteiger partial charge in [0.2, 0.25) is 5.91 Å². The van der Waals surface area contributed by atoms with E-state index in [0.29, 0.717) is 11.1 Å². The SMILES string of the molecule is CCOC(=O)C(C)NC(=O)CCN1C(=O)c2ccccc2C1=O. The van der Waals surface area contributed by atoms with Gasteiger partial charge in [-0.2, -0.15) is 0 Å². The Kier molecular flexibility index (Phi) is 5.10. The number of hydrogen-bond acceptors (Lipinski definition) is 5. The molecule has 0 saturated carbocycles. The van der Waals surface area contributed by atoms with Crippen LogP contribution in [0.25, 0.3) is 0 Å². The molecule has 122 valence electrons. The number of benzene rings is 1. The number of nitrogens with one attached hydrogen (secondary N) is 1. The molecule has 2 rings (SSSR count). The summed E-state index contributed by atoms with van der Waals surface area (Å²) in [6.45, 7) is 3.38. The fraction of sp³-hybridized carbons (Fsp3) is 0.375.